The number of hydrogen-bond donors (Lipinski definition) is 8. The van der Waals surface area contributed by atoms with Gasteiger partial charge in [0.1, 0.15) is 94.8 Å². The lowest BCUT2D eigenvalue weighted by atomic mass is 10.1. The number of ether oxygens (including phenoxy) is 1. The minimum absolute atomic E-state index is 0.109. The molecule has 0 saturated carbocycles. The number of nitrogens with two attached hydrogens (primary N) is 4. The van der Waals surface area contributed by atoms with Gasteiger partial charge in [-0.05, 0) is 119 Å². The number of carbonyl (C=O) groups excluding carboxylic acids is 3. The van der Waals surface area contributed by atoms with Crippen LogP contribution in [0.25, 0.3) is 89.2 Å². The number of aryl methyl sites for hydroxylation is 4. The molecule has 0 bridgehead atoms. The molecule has 16 rings (SSSR count). The molecule has 6 aromatic carbocycles. The molecule has 10 heterocycles. The maximum Gasteiger partial charge on any atom is 0.270 e. The highest BCUT2D eigenvalue weighted by Gasteiger charge is 2.34. The SMILES string of the molecule is COc1ccnc(C(=O)NCC(C)(C)n2nc(-c3ccc(C)cc3)c3c(N)ncnc32)c1.Cc1ccc(-c2nn(C(C)(C)CNC(=O)c3ccccc3)c3ncnc(N)c23)cc1.Cc1ccc(-c2nn(C(C)(C)CNC(=O)c3ccncn3)c3ncnc(N)c23)cc1.Cc1ccc(-c2nn(C(C)(C)CNS(=O)(=O)c3ccccc3)c3ncnc(N)c23)cc1. The standard InChI is InChI=1S/C23H25N7O2.C23H24N6O.C22H24N6O2S.C21H22N8O/c1-14-5-7-15(8-6-14)19-18-20(24)27-13-28-21(18)30(29-19)23(2,3)12-26-22(31)17-11-16(32-4)9-10-25-17;1-15-9-11-16(12-10-15)19-18-20(24)26-14-27-21(18)29(28-19)23(2,3)13-25-22(30)17-7-5-4-6-8-17;1-15-9-11-16(12-10-15)19-18-20(23)24-14-25-21(18)28(27-19)22(2,3)13-26-31(29,30)17-7-5-4-6-8-17;1-13-4-6-14(7-5-13)17-16-18(22)26-12-27-19(16)29(28-17)21(2,3)10-24-20(30)15-8-9-23-11-25-15/h5-11,13H,12H2,1-4H3,(H,26,31)(H2,24,27,28);4-12,14H,13H2,1-3H3,(H,25,30)(H2,24,26,27);4-12,14,26H,13H2,1-3H3,(H2,23,24,25);4-9,11-12H,10H2,1-3H3,(H,24,30)(H2,22,26,27). The van der Waals surface area contributed by atoms with Gasteiger partial charge in [0.05, 0.1) is 55.7 Å². The maximum absolute atomic E-state index is 12.7. The van der Waals surface area contributed by atoms with E-state index in [4.69, 9.17) is 48.1 Å². The fourth-order valence-corrected chi connectivity index (χ4v) is 14.6. The van der Waals surface area contributed by atoms with Crippen LogP contribution >= 0.6 is 0 Å². The number of nitrogens with one attached hydrogen (secondary N) is 4. The van der Waals surface area contributed by atoms with Gasteiger partial charge in [-0.3, -0.25) is 19.4 Å². The number of pyridine rings is 1. The summed E-state index contributed by atoms with van der Waals surface area (Å²) in [5, 5.41) is 30.9. The quantitative estimate of drug-likeness (QED) is 0.0312. The van der Waals surface area contributed by atoms with Crippen molar-refractivity contribution >= 4 is 95.1 Å². The molecule has 10 aromatic heterocycles. The van der Waals surface area contributed by atoms with Crippen LogP contribution in [0.3, 0.4) is 0 Å². The lowest BCUT2D eigenvalue weighted by Gasteiger charge is -2.26. The van der Waals surface area contributed by atoms with Gasteiger partial charge in [0.25, 0.3) is 17.7 Å². The highest BCUT2D eigenvalue weighted by atomic mass is 32.2. The Bertz CT molecular complexity index is 6410. The number of benzene rings is 6. The Morgan fingerprint density at radius 2 is 0.691 bits per heavy atom. The summed E-state index contributed by atoms with van der Waals surface area (Å²) >= 11 is 0. The lowest BCUT2D eigenvalue weighted by Crippen LogP contribution is -2.41. The lowest BCUT2D eigenvalue weighted by molar-refractivity contribution is 0.0924. The van der Waals surface area contributed by atoms with E-state index in [1.54, 1.807) is 81.8 Å². The number of rotatable bonds is 22. The average molecular weight is 1670 g/mol. The van der Waals surface area contributed by atoms with Crippen LogP contribution in [0.5, 0.6) is 5.75 Å². The zero-order chi connectivity index (χ0) is 87.7. The van der Waals surface area contributed by atoms with Crippen molar-refractivity contribution < 1.29 is 27.5 Å². The van der Waals surface area contributed by atoms with Gasteiger partial charge in [0.15, 0.2) is 22.6 Å². The molecule has 12 N–H and O–H groups in total. The number of carbonyl (C=O) groups is 3. The normalized spacial score (nSPS) is 11.7. The molecule has 16 aromatic rings. The van der Waals surface area contributed by atoms with Crippen LogP contribution in [0, 0.1) is 27.7 Å². The van der Waals surface area contributed by atoms with E-state index in [2.05, 4.69) is 75.5 Å². The molecule has 123 heavy (non-hydrogen) atoms. The molecule has 0 unspecified atom stereocenters. The summed E-state index contributed by atoms with van der Waals surface area (Å²) in [5.74, 6) is 1.28. The van der Waals surface area contributed by atoms with Crippen molar-refractivity contribution in [1.82, 2.24) is 115 Å². The predicted molar refractivity (Wildman–Crippen MR) is 475 cm³/mol. The molecule has 0 fully saturated rings. The highest BCUT2D eigenvalue weighted by Crippen LogP contribution is 2.38. The summed E-state index contributed by atoms with van der Waals surface area (Å²) < 4.78 is 40.4. The average Bonchev–Trinajstić information content (AvgIpc) is 1.62. The third-order valence-corrected chi connectivity index (χ3v) is 21.8. The van der Waals surface area contributed by atoms with Gasteiger partial charge >= 0.3 is 0 Å². The number of fused-ring (bicyclic) bond motifs is 4. The van der Waals surface area contributed by atoms with Gasteiger partial charge in [0.2, 0.25) is 10.0 Å². The van der Waals surface area contributed by atoms with E-state index >= 15 is 0 Å². The van der Waals surface area contributed by atoms with E-state index in [1.165, 1.54) is 44.0 Å². The molecule has 0 spiro atoms. The maximum atomic E-state index is 12.7. The van der Waals surface area contributed by atoms with E-state index < -0.39 is 32.2 Å². The van der Waals surface area contributed by atoms with Crippen molar-refractivity contribution in [3.05, 3.63) is 259 Å². The van der Waals surface area contributed by atoms with Gasteiger partial charge in [-0.1, -0.05) is 156 Å². The first-order chi connectivity index (χ1) is 58.7. The zero-order valence-electron chi connectivity index (χ0n) is 70.3. The minimum atomic E-state index is -3.66. The number of anilines is 4. The summed E-state index contributed by atoms with van der Waals surface area (Å²) in [6.45, 7) is 24.9. The zero-order valence-corrected chi connectivity index (χ0v) is 71.1. The van der Waals surface area contributed by atoms with Crippen LogP contribution in [0.2, 0.25) is 0 Å². The van der Waals surface area contributed by atoms with Crippen molar-refractivity contribution in [2.75, 3.05) is 56.2 Å². The second-order valence-electron chi connectivity index (χ2n) is 31.8. The number of methoxy groups -OCH3 is 1. The van der Waals surface area contributed by atoms with E-state index in [1.807, 2.05) is 203 Å². The molecule has 628 valence electrons. The van der Waals surface area contributed by atoms with Crippen LogP contribution in [-0.2, 0) is 32.2 Å². The van der Waals surface area contributed by atoms with Gasteiger partial charge in [-0.2, -0.15) is 20.4 Å². The Balaban J connectivity index is 0.000000141. The Hall–Kier alpha value is -14.9. The monoisotopic (exact) mass is 1670 g/mol. The molecular formula is C89H95N27O6S. The number of nitrogens with zero attached hydrogens (tertiary/aromatic N) is 19. The van der Waals surface area contributed by atoms with E-state index in [-0.39, 0.29) is 34.9 Å². The van der Waals surface area contributed by atoms with Gasteiger partial charge in [0, 0.05) is 72.5 Å². The third-order valence-electron chi connectivity index (χ3n) is 20.4. The second-order valence-corrected chi connectivity index (χ2v) is 33.6. The van der Waals surface area contributed by atoms with Crippen LogP contribution < -0.4 is 48.3 Å². The molecule has 0 aliphatic carbocycles. The second kappa shape index (κ2) is 35.9. The largest absolute Gasteiger partial charge is 0.497 e. The molecule has 34 heteroatoms. The highest BCUT2D eigenvalue weighted by molar-refractivity contribution is 7.89. The summed E-state index contributed by atoms with van der Waals surface area (Å²) in [6.07, 6.45) is 10.1. The van der Waals surface area contributed by atoms with Gasteiger partial charge < -0.3 is 43.6 Å². The van der Waals surface area contributed by atoms with Crippen molar-refractivity contribution in [3.63, 3.8) is 0 Å². The van der Waals surface area contributed by atoms with Crippen LogP contribution in [-0.4, -0.2) is 153 Å². The fourth-order valence-electron chi connectivity index (χ4n) is 13.3. The molecule has 0 aliphatic rings. The summed E-state index contributed by atoms with van der Waals surface area (Å²) in [5.41, 5.74) is 37.0. The predicted octanol–water partition coefficient (Wildman–Crippen LogP) is 11.9. The Kier molecular flexibility index (Phi) is 25.1. The first-order valence-electron chi connectivity index (χ1n) is 39.2. The van der Waals surface area contributed by atoms with Gasteiger partial charge in [-0.25, -0.2) is 81.7 Å². The first kappa shape index (κ1) is 85.9. The molecule has 33 nitrogen and oxygen atoms in total. The number of nitrogen functional groups attached to an aromatic ring is 4. The number of hydrogen-bond acceptors (Lipinski definition) is 25. The van der Waals surface area contributed by atoms with Crippen LogP contribution in [0.1, 0.15) is 109 Å². The Morgan fingerprint density at radius 3 is 1.02 bits per heavy atom. The van der Waals surface area contributed by atoms with Crippen LogP contribution in [0.15, 0.2) is 225 Å². The van der Waals surface area contributed by atoms with Crippen molar-refractivity contribution in [2.24, 2.45) is 0 Å². The molecule has 0 aliphatic heterocycles. The van der Waals surface area contributed by atoms with Crippen molar-refractivity contribution in [2.45, 2.75) is 110 Å². The summed E-state index contributed by atoms with van der Waals surface area (Å²) in [7, 11) is -2.12. The molecule has 0 saturated heterocycles. The molecule has 0 atom stereocenters. The number of amides is 3. The molecular weight excluding hydrogens is 1580 g/mol. The fraction of sp³-hybridized carbons (Fsp3) is 0.236. The minimum Gasteiger partial charge on any atom is -0.497 e. The van der Waals surface area contributed by atoms with Crippen LogP contribution in [0.4, 0.5) is 23.3 Å². The van der Waals surface area contributed by atoms with Crippen molar-refractivity contribution in [3.8, 4) is 50.8 Å². The van der Waals surface area contributed by atoms with E-state index in [9.17, 15) is 22.8 Å². The van der Waals surface area contributed by atoms with Gasteiger partial charge in [-0.15, -0.1) is 0 Å². The number of aromatic nitrogens is 19. The van der Waals surface area contributed by atoms with Crippen molar-refractivity contribution in [1.29, 1.82) is 0 Å². The summed E-state index contributed by atoms with van der Waals surface area (Å²) in [6, 6.07) is 54.4. The van der Waals surface area contributed by atoms with E-state index in [0.29, 0.717) is 121 Å². The smallest absolute Gasteiger partial charge is 0.270 e. The molecule has 3 amide bonds. The molecule has 0 radical (unpaired) electrons. The third kappa shape index (κ3) is 19.2. The van der Waals surface area contributed by atoms with E-state index in [0.717, 1.165) is 50.2 Å². The first-order valence-corrected chi connectivity index (χ1v) is 40.7. The summed E-state index contributed by atoms with van der Waals surface area (Å²) in [4.78, 5) is 84.1. The topological polar surface area (TPSA) is 460 Å². The number of sulfonamides is 1. The Morgan fingerprint density at radius 1 is 0.366 bits per heavy atom. The Labute approximate surface area is 709 Å².